The summed E-state index contributed by atoms with van der Waals surface area (Å²) in [5.74, 6) is -0.129. The second-order valence-electron chi connectivity index (χ2n) is 4.51. The van der Waals surface area contributed by atoms with Crippen molar-refractivity contribution in [3.05, 3.63) is 40.9 Å². The van der Waals surface area contributed by atoms with Crippen LogP contribution in [0.3, 0.4) is 0 Å². The number of nitrogens with zero attached hydrogens (tertiary/aromatic N) is 2. The smallest absolute Gasteiger partial charge is 0.273 e. The molecule has 0 aliphatic rings. The summed E-state index contributed by atoms with van der Waals surface area (Å²) < 4.78 is 0. The molecule has 0 fully saturated rings. The van der Waals surface area contributed by atoms with Crippen LogP contribution in [0.25, 0.3) is 10.6 Å². The van der Waals surface area contributed by atoms with E-state index in [2.05, 4.69) is 4.98 Å². The van der Waals surface area contributed by atoms with Gasteiger partial charge in [0.1, 0.15) is 10.7 Å². The summed E-state index contributed by atoms with van der Waals surface area (Å²) >= 11 is 1.46. The lowest BCUT2D eigenvalue weighted by atomic mass is 10.2. The minimum absolute atomic E-state index is 0.0332. The van der Waals surface area contributed by atoms with E-state index in [0.717, 1.165) is 10.6 Å². The highest BCUT2D eigenvalue weighted by Gasteiger charge is 2.17. The molecule has 0 atom stereocenters. The maximum Gasteiger partial charge on any atom is 0.273 e. The zero-order valence-electron chi connectivity index (χ0n) is 11.7. The Morgan fingerprint density at radius 2 is 2.05 bits per heavy atom. The average Bonchev–Trinajstić information content (AvgIpc) is 2.94. The lowest BCUT2D eigenvalue weighted by Gasteiger charge is -2.18. The largest absolute Gasteiger partial charge is 0.395 e. The van der Waals surface area contributed by atoms with Gasteiger partial charge in [0.15, 0.2) is 0 Å². The van der Waals surface area contributed by atoms with E-state index in [-0.39, 0.29) is 12.5 Å². The normalized spacial score (nSPS) is 10.6. The molecule has 1 amide bonds. The summed E-state index contributed by atoms with van der Waals surface area (Å²) in [6.45, 7) is 4.80. The van der Waals surface area contributed by atoms with Crippen molar-refractivity contribution in [2.24, 2.45) is 0 Å². The number of thiazole rings is 1. The standard InChI is InChI=1S/C15H18N2O2S/c1-3-17(8-9-18)15(19)13-10-20-14(16-13)12-6-4-11(2)5-7-12/h4-7,10,18H,3,8-9H2,1-2H3. The molecule has 20 heavy (non-hydrogen) atoms. The Balaban J connectivity index is 2.20. The Bertz CT molecular complexity index is 578. The minimum atomic E-state index is -0.129. The van der Waals surface area contributed by atoms with E-state index in [1.54, 1.807) is 10.3 Å². The molecule has 0 aliphatic carbocycles. The van der Waals surface area contributed by atoms with Crippen LogP contribution in [-0.4, -0.2) is 40.6 Å². The lowest BCUT2D eigenvalue weighted by Crippen LogP contribution is -2.33. The minimum Gasteiger partial charge on any atom is -0.395 e. The van der Waals surface area contributed by atoms with Crippen LogP contribution in [0.1, 0.15) is 23.0 Å². The number of carbonyl (C=O) groups excluding carboxylic acids is 1. The zero-order valence-corrected chi connectivity index (χ0v) is 12.5. The van der Waals surface area contributed by atoms with Crippen LogP contribution in [0.15, 0.2) is 29.6 Å². The number of hydrogen-bond acceptors (Lipinski definition) is 4. The first kappa shape index (κ1) is 14.7. The maximum atomic E-state index is 12.2. The Morgan fingerprint density at radius 1 is 1.35 bits per heavy atom. The third kappa shape index (κ3) is 3.23. The van der Waals surface area contributed by atoms with Crippen LogP contribution in [0.5, 0.6) is 0 Å². The molecule has 0 bridgehead atoms. The van der Waals surface area contributed by atoms with Crippen molar-refractivity contribution in [3.63, 3.8) is 0 Å². The quantitative estimate of drug-likeness (QED) is 0.921. The number of aliphatic hydroxyl groups excluding tert-OH is 1. The van der Waals surface area contributed by atoms with E-state index in [1.807, 2.05) is 38.1 Å². The van der Waals surface area contributed by atoms with Crippen LogP contribution in [0.2, 0.25) is 0 Å². The van der Waals surface area contributed by atoms with E-state index < -0.39 is 0 Å². The average molecular weight is 290 g/mol. The first-order chi connectivity index (χ1) is 9.65. The highest BCUT2D eigenvalue weighted by Crippen LogP contribution is 2.24. The molecule has 0 aliphatic heterocycles. The fourth-order valence-electron chi connectivity index (χ4n) is 1.89. The summed E-state index contributed by atoms with van der Waals surface area (Å²) in [4.78, 5) is 18.2. The maximum absolute atomic E-state index is 12.2. The van der Waals surface area contributed by atoms with Crippen molar-refractivity contribution in [2.75, 3.05) is 19.7 Å². The molecular formula is C15H18N2O2S. The lowest BCUT2D eigenvalue weighted by molar-refractivity contribution is 0.0727. The van der Waals surface area contributed by atoms with Gasteiger partial charge in [-0.3, -0.25) is 4.79 Å². The fraction of sp³-hybridized carbons (Fsp3) is 0.333. The van der Waals surface area contributed by atoms with Gasteiger partial charge in [-0.05, 0) is 13.8 Å². The number of likely N-dealkylation sites (N-methyl/N-ethyl adjacent to an activating group) is 1. The Hall–Kier alpha value is -1.72. The number of aromatic nitrogens is 1. The third-order valence-corrected chi connectivity index (χ3v) is 3.95. The SMILES string of the molecule is CCN(CCO)C(=O)c1csc(-c2ccc(C)cc2)n1. The highest BCUT2D eigenvalue weighted by molar-refractivity contribution is 7.13. The van der Waals surface area contributed by atoms with Crippen LogP contribution < -0.4 is 0 Å². The number of aryl methyl sites for hydroxylation is 1. The van der Waals surface area contributed by atoms with Gasteiger partial charge < -0.3 is 10.0 Å². The molecule has 4 nitrogen and oxygen atoms in total. The van der Waals surface area contributed by atoms with Gasteiger partial charge in [-0.25, -0.2) is 4.98 Å². The van der Waals surface area contributed by atoms with E-state index in [9.17, 15) is 4.79 Å². The fourth-order valence-corrected chi connectivity index (χ4v) is 2.69. The van der Waals surface area contributed by atoms with Gasteiger partial charge >= 0.3 is 0 Å². The van der Waals surface area contributed by atoms with Crippen molar-refractivity contribution < 1.29 is 9.90 Å². The van der Waals surface area contributed by atoms with Crippen molar-refractivity contribution in [1.29, 1.82) is 0 Å². The summed E-state index contributed by atoms with van der Waals surface area (Å²) in [5.41, 5.74) is 2.66. The molecule has 0 radical (unpaired) electrons. The van der Waals surface area contributed by atoms with Gasteiger partial charge in [-0.2, -0.15) is 0 Å². The summed E-state index contributed by atoms with van der Waals surface area (Å²) in [6, 6.07) is 8.08. The Morgan fingerprint density at radius 3 is 2.65 bits per heavy atom. The molecule has 1 heterocycles. The van der Waals surface area contributed by atoms with Crippen molar-refractivity contribution >= 4 is 17.2 Å². The van der Waals surface area contributed by atoms with Gasteiger partial charge in [-0.1, -0.05) is 29.8 Å². The predicted octanol–water partition coefficient (Wildman–Crippen LogP) is 2.57. The van der Waals surface area contributed by atoms with Crippen LogP contribution >= 0.6 is 11.3 Å². The number of rotatable bonds is 5. The van der Waals surface area contributed by atoms with Crippen molar-refractivity contribution in [1.82, 2.24) is 9.88 Å². The molecule has 5 heteroatoms. The van der Waals surface area contributed by atoms with E-state index in [4.69, 9.17) is 5.11 Å². The number of benzene rings is 1. The molecule has 2 aromatic rings. The molecule has 0 spiro atoms. The molecular weight excluding hydrogens is 272 g/mol. The van der Waals surface area contributed by atoms with Crippen LogP contribution in [-0.2, 0) is 0 Å². The first-order valence-corrected chi connectivity index (χ1v) is 7.46. The molecule has 0 unspecified atom stereocenters. The second-order valence-corrected chi connectivity index (χ2v) is 5.37. The second kappa shape index (κ2) is 6.63. The third-order valence-electron chi connectivity index (χ3n) is 3.06. The van der Waals surface area contributed by atoms with Crippen LogP contribution in [0, 0.1) is 6.92 Å². The molecule has 1 aromatic carbocycles. The summed E-state index contributed by atoms with van der Waals surface area (Å²) in [7, 11) is 0. The first-order valence-electron chi connectivity index (χ1n) is 6.58. The number of aliphatic hydroxyl groups is 1. The molecule has 106 valence electrons. The van der Waals surface area contributed by atoms with Crippen molar-refractivity contribution in [3.8, 4) is 10.6 Å². The van der Waals surface area contributed by atoms with E-state index in [0.29, 0.717) is 18.8 Å². The van der Waals surface area contributed by atoms with E-state index >= 15 is 0 Å². The predicted molar refractivity (Wildman–Crippen MR) is 81.0 cm³/mol. The number of hydrogen-bond donors (Lipinski definition) is 1. The number of carbonyl (C=O) groups is 1. The van der Waals surface area contributed by atoms with Gasteiger partial charge in [-0.15, -0.1) is 11.3 Å². The number of amides is 1. The van der Waals surface area contributed by atoms with Gasteiger partial charge in [0.05, 0.1) is 6.61 Å². The molecule has 1 aromatic heterocycles. The zero-order chi connectivity index (χ0) is 14.5. The Kier molecular flexibility index (Phi) is 4.87. The van der Waals surface area contributed by atoms with Gasteiger partial charge in [0, 0.05) is 24.0 Å². The highest BCUT2D eigenvalue weighted by atomic mass is 32.1. The molecule has 0 saturated carbocycles. The van der Waals surface area contributed by atoms with Gasteiger partial charge in [0.25, 0.3) is 5.91 Å². The van der Waals surface area contributed by atoms with Gasteiger partial charge in [0.2, 0.25) is 0 Å². The monoisotopic (exact) mass is 290 g/mol. The topological polar surface area (TPSA) is 53.4 Å². The molecule has 0 saturated heterocycles. The van der Waals surface area contributed by atoms with Crippen molar-refractivity contribution in [2.45, 2.75) is 13.8 Å². The molecule has 1 N–H and O–H groups in total. The summed E-state index contributed by atoms with van der Waals surface area (Å²) in [6.07, 6.45) is 0. The molecule has 2 rings (SSSR count). The van der Waals surface area contributed by atoms with Crippen LogP contribution in [0.4, 0.5) is 0 Å². The van der Waals surface area contributed by atoms with E-state index in [1.165, 1.54) is 16.9 Å². The Labute approximate surface area is 122 Å². The summed E-state index contributed by atoms with van der Waals surface area (Å²) in [5, 5.41) is 11.6.